The Morgan fingerprint density at radius 3 is 3.00 bits per heavy atom. The second-order valence-electron chi connectivity index (χ2n) is 3.75. The van der Waals surface area contributed by atoms with Gasteiger partial charge in [-0.1, -0.05) is 0 Å². The minimum Gasteiger partial charge on any atom is -0.390 e. The SMILES string of the molecule is C#CCCCC1(O)CCCOCC1. The van der Waals surface area contributed by atoms with Crippen LogP contribution in [-0.2, 0) is 4.74 Å². The summed E-state index contributed by atoms with van der Waals surface area (Å²) in [7, 11) is 0. The van der Waals surface area contributed by atoms with Crippen LogP contribution >= 0.6 is 0 Å². The summed E-state index contributed by atoms with van der Waals surface area (Å²) in [4.78, 5) is 0. The topological polar surface area (TPSA) is 29.5 Å². The van der Waals surface area contributed by atoms with Crippen LogP contribution in [0.15, 0.2) is 0 Å². The van der Waals surface area contributed by atoms with Gasteiger partial charge in [-0.3, -0.25) is 0 Å². The molecule has 0 saturated carbocycles. The van der Waals surface area contributed by atoms with Gasteiger partial charge in [0, 0.05) is 19.6 Å². The number of rotatable bonds is 3. The number of unbranched alkanes of at least 4 members (excludes halogenated alkanes) is 1. The van der Waals surface area contributed by atoms with Gasteiger partial charge >= 0.3 is 0 Å². The van der Waals surface area contributed by atoms with E-state index < -0.39 is 5.60 Å². The summed E-state index contributed by atoms with van der Waals surface area (Å²) < 4.78 is 5.30. The predicted molar refractivity (Wildman–Crippen MR) is 52.3 cm³/mol. The van der Waals surface area contributed by atoms with E-state index in [2.05, 4.69) is 5.92 Å². The Kier molecular flexibility index (Phi) is 4.27. The monoisotopic (exact) mass is 182 g/mol. The summed E-state index contributed by atoms with van der Waals surface area (Å²) >= 11 is 0. The number of terminal acetylenes is 1. The normalized spacial score (nSPS) is 29.2. The van der Waals surface area contributed by atoms with Gasteiger partial charge in [-0.15, -0.1) is 12.3 Å². The molecule has 1 aliphatic heterocycles. The van der Waals surface area contributed by atoms with Crippen LogP contribution < -0.4 is 0 Å². The van der Waals surface area contributed by atoms with Crippen LogP contribution in [0.25, 0.3) is 0 Å². The van der Waals surface area contributed by atoms with Gasteiger partial charge in [0.05, 0.1) is 5.60 Å². The summed E-state index contributed by atoms with van der Waals surface area (Å²) in [5.41, 5.74) is -0.507. The third-order valence-corrected chi connectivity index (χ3v) is 2.61. The molecule has 0 amide bonds. The highest BCUT2D eigenvalue weighted by atomic mass is 16.5. The summed E-state index contributed by atoms with van der Waals surface area (Å²) in [6, 6.07) is 0. The highest BCUT2D eigenvalue weighted by Gasteiger charge is 2.27. The lowest BCUT2D eigenvalue weighted by atomic mass is 9.89. The minimum absolute atomic E-state index is 0.507. The molecule has 2 nitrogen and oxygen atoms in total. The van der Waals surface area contributed by atoms with Crippen LogP contribution in [0.4, 0.5) is 0 Å². The molecule has 0 aromatic rings. The molecule has 13 heavy (non-hydrogen) atoms. The van der Waals surface area contributed by atoms with E-state index in [4.69, 9.17) is 11.2 Å². The summed E-state index contributed by atoms with van der Waals surface area (Å²) in [6.45, 7) is 1.48. The number of aliphatic hydroxyl groups is 1. The quantitative estimate of drug-likeness (QED) is 0.532. The molecule has 0 aromatic carbocycles. The van der Waals surface area contributed by atoms with Gasteiger partial charge in [0.2, 0.25) is 0 Å². The fraction of sp³-hybridized carbons (Fsp3) is 0.818. The van der Waals surface area contributed by atoms with E-state index in [1.54, 1.807) is 0 Å². The van der Waals surface area contributed by atoms with Gasteiger partial charge in [-0.25, -0.2) is 0 Å². The van der Waals surface area contributed by atoms with Crippen molar-refractivity contribution in [3.05, 3.63) is 0 Å². The average Bonchev–Trinajstić information content (AvgIpc) is 2.31. The zero-order valence-electron chi connectivity index (χ0n) is 8.09. The fourth-order valence-corrected chi connectivity index (χ4v) is 1.76. The van der Waals surface area contributed by atoms with Crippen molar-refractivity contribution in [2.75, 3.05) is 13.2 Å². The van der Waals surface area contributed by atoms with Crippen molar-refractivity contribution in [1.29, 1.82) is 0 Å². The van der Waals surface area contributed by atoms with E-state index in [-0.39, 0.29) is 0 Å². The van der Waals surface area contributed by atoms with E-state index in [0.29, 0.717) is 6.61 Å². The molecule has 2 heteroatoms. The Hall–Kier alpha value is -0.520. The second kappa shape index (κ2) is 5.26. The van der Waals surface area contributed by atoms with Gasteiger partial charge in [0.1, 0.15) is 0 Å². The van der Waals surface area contributed by atoms with E-state index >= 15 is 0 Å². The molecular formula is C11H18O2. The van der Waals surface area contributed by atoms with Gasteiger partial charge in [0.15, 0.2) is 0 Å². The molecule has 1 atom stereocenters. The van der Waals surface area contributed by atoms with Crippen molar-refractivity contribution in [3.8, 4) is 12.3 Å². The van der Waals surface area contributed by atoms with Crippen LogP contribution in [-0.4, -0.2) is 23.9 Å². The molecule has 1 saturated heterocycles. The lowest BCUT2D eigenvalue weighted by molar-refractivity contribution is 0.00934. The molecule has 1 N–H and O–H groups in total. The standard InChI is InChI=1S/C11H18O2/c1-2-3-4-6-11(12)7-5-9-13-10-8-11/h1,12H,3-10H2. The fourth-order valence-electron chi connectivity index (χ4n) is 1.76. The van der Waals surface area contributed by atoms with Crippen molar-refractivity contribution in [2.24, 2.45) is 0 Å². The first kappa shape index (κ1) is 10.6. The van der Waals surface area contributed by atoms with Crippen molar-refractivity contribution in [3.63, 3.8) is 0 Å². The van der Waals surface area contributed by atoms with Gasteiger partial charge < -0.3 is 9.84 Å². The van der Waals surface area contributed by atoms with Crippen LogP contribution in [0.2, 0.25) is 0 Å². The van der Waals surface area contributed by atoms with E-state index in [9.17, 15) is 5.11 Å². The molecule has 0 spiro atoms. The molecule has 0 aromatic heterocycles. The average molecular weight is 182 g/mol. The molecule has 1 aliphatic rings. The van der Waals surface area contributed by atoms with E-state index in [0.717, 1.165) is 45.1 Å². The molecule has 0 aliphatic carbocycles. The summed E-state index contributed by atoms with van der Waals surface area (Å²) in [5.74, 6) is 2.60. The van der Waals surface area contributed by atoms with Gasteiger partial charge in [-0.2, -0.15) is 0 Å². The van der Waals surface area contributed by atoms with E-state index in [1.165, 1.54) is 0 Å². The molecule has 74 valence electrons. The largest absolute Gasteiger partial charge is 0.390 e. The van der Waals surface area contributed by atoms with Crippen molar-refractivity contribution >= 4 is 0 Å². The highest BCUT2D eigenvalue weighted by Crippen LogP contribution is 2.26. The molecule has 1 unspecified atom stereocenters. The Morgan fingerprint density at radius 1 is 1.38 bits per heavy atom. The minimum atomic E-state index is -0.507. The van der Waals surface area contributed by atoms with Crippen molar-refractivity contribution in [2.45, 2.75) is 44.1 Å². The number of ether oxygens (including phenoxy) is 1. The van der Waals surface area contributed by atoms with Crippen LogP contribution in [0.3, 0.4) is 0 Å². The maximum absolute atomic E-state index is 10.1. The summed E-state index contributed by atoms with van der Waals surface area (Å²) in [5, 5.41) is 10.1. The number of hydrogen-bond acceptors (Lipinski definition) is 2. The lowest BCUT2D eigenvalue weighted by Gasteiger charge is -2.25. The molecule has 1 fully saturated rings. The number of hydrogen-bond donors (Lipinski definition) is 1. The maximum Gasteiger partial charge on any atom is 0.0670 e. The van der Waals surface area contributed by atoms with Crippen LogP contribution in [0.5, 0.6) is 0 Å². The smallest absolute Gasteiger partial charge is 0.0670 e. The lowest BCUT2D eigenvalue weighted by Crippen LogP contribution is -2.28. The van der Waals surface area contributed by atoms with Crippen molar-refractivity contribution in [1.82, 2.24) is 0 Å². The van der Waals surface area contributed by atoms with Crippen LogP contribution in [0, 0.1) is 12.3 Å². The van der Waals surface area contributed by atoms with Gasteiger partial charge in [-0.05, 0) is 32.1 Å². The maximum atomic E-state index is 10.1. The zero-order chi connectivity index (χ0) is 9.57. The first-order valence-corrected chi connectivity index (χ1v) is 5.00. The second-order valence-corrected chi connectivity index (χ2v) is 3.75. The van der Waals surface area contributed by atoms with E-state index in [1.807, 2.05) is 0 Å². The first-order chi connectivity index (χ1) is 6.27. The Labute approximate surface area is 80.3 Å². The summed E-state index contributed by atoms with van der Waals surface area (Å²) in [6.07, 6.45) is 10.3. The molecular weight excluding hydrogens is 164 g/mol. The highest BCUT2D eigenvalue weighted by molar-refractivity contribution is 4.86. The zero-order valence-corrected chi connectivity index (χ0v) is 8.09. The molecule has 1 heterocycles. The molecule has 0 radical (unpaired) electrons. The first-order valence-electron chi connectivity index (χ1n) is 5.00. The van der Waals surface area contributed by atoms with Crippen LogP contribution in [0.1, 0.15) is 38.5 Å². The van der Waals surface area contributed by atoms with Gasteiger partial charge in [0.25, 0.3) is 0 Å². The van der Waals surface area contributed by atoms with Crippen molar-refractivity contribution < 1.29 is 9.84 Å². The third-order valence-electron chi connectivity index (χ3n) is 2.61. The Bertz CT molecular complexity index is 173. The third kappa shape index (κ3) is 3.80. The predicted octanol–water partition coefficient (Wildman–Crippen LogP) is 1.72. The Balaban J connectivity index is 2.30. The Morgan fingerprint density at radius 2 is 2.23 bits per heavy atom. The molecule has 1 rings (SSSR count). The molecule has 0 bridgehead atoms.